The van der Waals surface area contributed by atoms with Crippen LogP contribution in [0.3, 0.4) is 0 Å². The summed E-state index contributed by atoms with van der Waals surface area (Å²) >= 11 is 0. The Kier molecular flexibility index (Phi) is 4.67. The van der Waals surface area contributed by atoms with Crippen LogP contribution in [-0.4, -0.2) is 46.3 Å². The van der Waals surface area contributed by atoms with Gasteiger partial charge in [-0.3, -0.25) is 16.0 Å². The second-order valence-corrected chi connectivity index (χ2v) is 3.96. The third kappa shape index (κ3) is 3.94. The topological polar surface area (TPSA) is 72.0 Å². The maximum Gasteiger partial charge on any atom is 0.138 e. The molecular weight excluding hydrogens is 192 g/mol. The minimum absolute atomic E-state index is 0.246. The van der Waals surface area contributed by atoms with Crippen LogP contribution in [0.25, 0.3) is 0 Å². The van der Waals surface area contributed by atoms with E-state index in [0.29, 0.717) is 0 Å². The molecule has 0 fully saturated rings. The van der Waals surface area contributed by atoms with Crippen molar-refractivity contribution in [3.63, 3.8) is 0 Å². The first-order valence-electron chi connectivity index (χ1n) is 5.07. The summed E-state index contributed by atoms with van der Waals surface area (Å²) in [6, 6.07) is 0.246. The van der Waals surface area contributed by atoms with Crippen LogP contribution in [0.5, 0.6) is 0 Å². The Labute approximate surface area is 90.4 Å². The fourth-order valence-corrected chi connectivity index (χ4v) is 1.38. The molecule has 6 heteroatoms. The van der Waals surface area contributed by atoms with Crippen LogP contribution in [0.2, 0.25) is 0 Å². The Bertz CT molecular complexity index is 282. The molecule has 1 heterocycles. The fraction of sp³-hybridized carbons (Fsp3) is 0.778. The van der Waals surface area contributed by atoms with E-state index < -0.39 is 0 Å². The highest BCUT2D eigenvalue weighted by Crippen LogP contribution is 2.01. The van der Waals surface area contributed by atoms with Crippen molar-refractivity contribution in [2.75, 3.05) is 20.6 Å². The molecule has 0 amide bonds. The van der Waals surface area contributed by atoms with E-state index in [1.54, 1.807) is 11.0 Å². The van der Waals surface area contributed by atoms with Gasteiger partial charge in [0.1, 0.15) is 12.2 Å². The van der Waals surface area contributed by atoms with Crippen LogP contribution < -0.4 is 11.3 Å². The second kappa shape index (κ2) is 5.79. The molecule has 1 atom stereocenters. The van der Waals surface area contributed by atoms with E-state index in [1.807, 2.05) is 7.05 Å². The SMILES string of the molecule is CN(C)CCC(Cc1ncnn1C)NN. The number of nitrogens with zero attached hydrogens (tertiary/aromatic N) is 4. The summed E-state index contributed by atoms with van der Waals surface area (Å²) in [6.45, 7) is 1.01. The summed E-state index contributed by atoms with van der Waals surface area (Å²) in [5.41, 5.74) is 2.82. The van der Waals surface area contributed by atoms with Gasteiger partial charge >= 0.3 is 0 Å². The van der Waals surface area contributed by atoms with E-state index >= 15 is 0 Å². The van der Waals surface area contributed by atoms with Gasteiger partial charge in [0, 0.05) is 19.5 Å². The molecule has 0 aromatic carbocycles. The predicted octanol–water partition coefficient (Wildman–Crippen LogP) is -0.859. The lowest BCUT2D eigenvalue weighted by Crippen LogP contribution is -2.39. The smallest absolute Gasteiger partial charge is 0.138 e. The quantitative estimate of drug-likeness (QED) is 0.474. The molecule has 0 aliphatic rings. The summed E-state index contributed by atoms with van der Waals surface area (Å²) in [5.74, 6) is 6.45. The monoisotopic (exact) mass is 212 g/mol. The third-order valence-corrected chi connectivity index (χ3v) is 2.39. The molecule has 1 rings (SSSR count). The molecule has 0 saturated heterocycles. The lowest BCUT2D eigenvalue weighted by molar-refractivity contribution is 0.354. The maximum absolute atomic E-state index is 5.50. The first-order valence-corrected chi connectivity index (χ1v) is 5.07. The van der Waals surface area contributed by atoms with Crippen molar-refractivity contribution in [2.24, 2.45) is 12.9 Å². The number of hydrogen-bond donors (Lipinski definition) is 2. The Morgan fingerprint density at radius 1 is 1.60 bits per heavy atom. The lowest BCUT2D eigenvalue weighted by Gasteiger charge is -2.17. The molecule has 15 heavy (non-hydrogen) atoms. The van der Waals surface area contributed by atoms with Gasteiger partial charge in [0.15, 0.2) is 0 Å². The zero-order valence-corrected chi connectivity index (χ0v) is 9.64. The third-order valence-electron chi connectivity index (χ3n) is 2.39. The number of nitrogens with two attached hydrogens (primary N) is 1. The Hall–Kier alpha value is -0.980. The van der Waals surface area contributed by atoms with Crippen LogP contribution in [0.15, 0.2) is 6.33 Å². The molecule has 1 aromatic heterocycles. The zero-order chi connectivity index (χ0) is 11.3. The lowest BCUT2D eigenvalue weighted by atomic mass is 10.1. The maximum atomic E-state index is 5.50. The van der Waals surface area contributed by atoms with Crippen molar-refractivity contribution in [3.8, 4) is 0 Å². The summed E-state index contributed by atoms with van der Waals surface area (Å²) in [6.07, 6.45) is 3.37. The molecule has 1 unspecified atom stereocenters. The first kappa shape index (κ1) is 12.1. The van der Waals surface area contributed by atoms with E-state index in [1.165, 1.54) is 0 Å². The molecule has 0 aliphatic heterocycles. The molecule has 1 aromatic rings. The van der Waals surface area contributed by atoms with Crippen molar-refractivity contribution >= 4 is 0 Å². The average molecular weight is 212 g/mol. The largest absolute Gasteiger partial charge is 0.309 e. The van der Waals surface area contributed by atoms with Crippen molar-refractivity contribution in [1.82, 2.24) is 25.1 Å². The van der Waals surface area contributed by atoms with Crippen molar-refractivity contribution < 1.29 is 0 Å². The molecule has 0 saturated carbocycles. The van der Waals surface area contributed by atoms with E-state index in [9.17, 15) is 0 Å². The van der Waals surface area contributed by atoms with Crippen molar-refractivity contribution in [2.45, 2.75) is 18.9 Å². The highest BCUT2D eigenvalue weighted by atomic mass is 15.3. The Morgan fingerprint density at radius 3 is 2.80 bits per heavy atom. The van der Waals surface area contributed by atoms with Crippen molar-refractivity contribution in [1.29, 1.82) is 0 Å². The van der Waals surface area contributed by atoms with Crippen LogP contribution >= 0.6 is 0 Å². The molecule has 86 valence electrons. The van der Waals surface area contributed by atoms with Crippen molar-refractivity contribution in [3.05, 3.63) is 12.2 Å². The second-order valence-electron chi connectivity index (χ2n) is 3.96. The highest BCUT2D eigenvalue weighted by molar-refractivity contribution is 4.88. The summed E-state index contributed by atoms with van der Waals surface area (Å²) in [5, 5.41) is 4.03. The molecular formula is C9H20N6. The van der Waals surface area contributed by atoms with Gasteiger partial charge in [0.05, 0.1) is 0 Å². The number of nitrogens with one attached hydrogen (secondary N) is 1. The molecule has 0 radical (unpaired) electrons. The van der Waals surface area contributed by atoms with Gasteiger partial charge in [0.2, 0.25) is 0 Å². The number of hydrazine groups is 1. The minimum Gasteiger partial charge on any atom is -0.309 e. The van der Waals surface area contributed by atoms with E-state index in [-0.39, 0.29) is 6.04 Å². The normalized spacial score (nSPS) is 13.4. The standard InChI is InChI=1S/C9H20N6/c1-14(2)5-4-8(13-10)6-9-11-7-12-15(9)3/h7-8,13H,4-6,10H2,1-3H3. The van der Waals surface area contributed by atoms with Gasteiger partial charge in [-0.1, -0.05) is 0 Å². The van der Waals surface area contributed by atoms with Crippen LogP contribution in [0.1, 0.15) is 12.2 Å². The molecule has 0 aliphatic carbocycles. The number of hydrogen-bond acceptors (Lipinski definition) is 5. The first-order chi connectivity index (χ1) is 7.13. The number of aryl methyl sites for hydroxylation is 1. The fourth-order valence-electron chi connectivity index (χ4n) is 1.38. The van der Waals surface area contributed by atoms with Gasteiger partial charge in [-0.05, 0) is 27.1 Å². The van der Waals surface area contributed by atoms with Gasteiger partial charge < -0.3 is 4.90 Å². The molecule has 3 N–H and O–H groups in total. The van der Waals surface area contributed by atoms with Crippen LogP contribution in [-0.2, 0) is 13.5 Å². The number of rotatable bonds is 6. The summed E-state index contributed by atoms with van der Waals surface area (Å²) < 4.78 is 1.78. The number of aromatic nitrogens is 3. The van der Waals surface area contributed by atoms with Crippen LogP contribution in [0, 0.1) is 0 Å². The van der Waals surface area contributed by atoms with E-state index in [0.717, 1.165) is 25.2 Å². The Morgan fingerprint density at radius 2 is 2.33 bits per heavy atom. The van der Waals surface area contributed by atoms with Gasteiger partial charge in [-0.2, -0.15) is 5.10 Å². The molecule has 0 spiro atoms. The summed E-state index contributed by atoms with van der Waals surface area (Å²) in [7, 11) is 5.99. The van der Waals surface area contributed by atoms with Crippen LogP contribution in [0.4, 0.5) is 0 Å². The zero-order valence-electron chi connectivity index (χ0n) is 9.64. The van der Waals surface area contributed by atoms with Gasteiger partial charge in [0.25, 0.3) is 0 Å². The molecule has 6 nitrogen and oxygen atoms in total. The minimum atomic E-state index is 0.246. The predicted molar refractivity (Wildman–Crippen MR) is 59.0 cm³/mol. The van der Waals surface area contributed by atoms with E-state index in [4.69, 9.17) is 5.84 Å². The Balaban J connectivity index is 2.43. The molecule has 0 bridgehead atoms. The van der Waals surface area contributed by atoms with Gasteiger partial charge in [-0.25, -0.2) is 4.98 Å². The van der Waals surface area contributed by atoms with E-state index in [2.05, 4.69) is 34.5 Å². The summed E-state index contributed by atoms with van der Waals surface area (Å²) in [4.78, 5) is 6.31. The highest BCUT2D eigenvalue weighted by Gasteiger charge is 2.11. The average Bonchev–Trinajstić information content (AvgIpc) is 2.58. The van der Waals surface area contributed by atoms with Gasteiger partial charge in [-0.15, -0.1) is 0 Å².